The van der Waals surface area contributed by atoms with Crippen molar-refractivity contribution in [1.29, 1.82) is 0 Å². The quantitative estimate of drug-likeness (QED) is 0.575. The maximum Gasteiger partial charge on any atom is 0.323 e. The van der Waals surface area contributed by atoms with Crippen LogP contribution in [0, 0.1) is 11.6 Å². The van der Waals surface area contributed by atoms with Gasteiger partial charge >= 0.3 is 6.03 Å². The summed E-state index contributed by atoms with van der Waals surface area (Å²) in [5.41, 5.74) is 5.69. The number of carbonyl (C=O) groups excluding carboxylic acids is 3. The summed E-state index contributed by atoms with van der Waals surface area (Å²) in [5.74, 6) is -3.22. The van der Waals surface area contributed by atoms with Crippen LogP contribution in [0.4, 0.5) is 19.3 Å². The summed E-state index contributed by atoms with van der Waals surface area (Å²) < 4.78 is 28.1. The second-order valence-corrected chi connectivity index (χ2v) is 8.01. The number of urea groups is 1. The van der Waals surface area contributed by atoms with Gasteiger partial charge in [0.25, 0.3) is 11.8 Å². The molecule has 32 heavy (non-hydrogen) atoms. The van der Waals surface area contributed by atoms with Crippen molar-refractivity contribution in [2.45, 2.75) is 12.6 Å². The van der Waals surface area contributed by atoms with E-state index in [9.17, 15) is 23.2 Å². The number of amides is 4. The molecule has 1 unspecified atom stereocenters. The topological polar surface area (TPSA) is 108 Å². The Kier molecular flexibility index (Phi) is 7.75. The molecule has 4 N–H and O–H groups in total. The monoisotopic (exact) mass is 509 g/mol. The van der Waals surface area contributed by atoms with E-state index in [0.29, 0.717) is 18.2 Å². The van der Waals surface area contributed by atoms with Crippen LogP contribution in [0.1, 0.15) is 16.8 Å². The maximum atomic E-state index is 13.7. The van der Waals surface area contributed by atoms with E-state index in [2.05, 4.69) is 26.6 Å². The molecular formula is C21H22BrF2N5O3. The minimum atomic E-state index is -1.32. The van der Waals surface area contributed by atoms with Crippen LogP contribution < -0.4 is 16.4 Å². The smallest absolute Gasteiger partial charge is 0.323 e. The number of benzene rings is 2. The number of rotatable bonds is 5. The minimum absolute atomic E-state index is 0.123. The predicted octanol–water partition coefficient (Wildman–Crippen LogP) is 2.51. The van der Waals surface area contributed by atoms with Crippen LogP contribution in [0.3, 0.4) is 0 Å². The Balaban J connectivity index is 1.90. The van der Waals surface area contributed by atoms with E-state index in [4.69, 9.17) is 5.73 Å². The van der Waals surface area contributed by atoms with Crippen LogP contribution in [-0.4, -0.2) is 60.0 Å². The molecule has 1 atom stereocenters. The molecule has 1 heterocycles. The zero-order valence-corrected chi connectivity index (χ0v) is 18.6. The molecule has 4 amide bonds. The Hall–Kier alpha value is -3.05. The van der Waals surface area contributed by atoms with E-state index in [1.54, 1.807) is 24.3 Å². The highest BCUT2D eigenvalue weighted by atomic mass is 79.9. The SMILES string of the molecule is NCCNC(=O)C1N(C(=O)Nc2cccc(Br)c2)CCCN1C(=O)c1cc(F)cc(F)c1. The number of hydrogen-bond acceptors (Lipinski definition) is 4. The molecule has 1 fully saturated rings. The zero-order valence-electron chi connectivity index (χ0n) is 17.0. The highest BCUT2D eigenvalue weighted by Gasteiger charge is 2.40. The van der Waals surface area contributed by atoms with Gasteiger partial charge in [0.05, 0.1) is 0 Å². The molecular weight excluding hydrogens is 488 g/mol. The van der Waals surface area contributed by atoms with Crippen molar-refractivity contribution in [1.82, 2.24) is 15.1 Å². The van der Waals surface area contributed by atoms with Gasteiger partial charge < -0.3 is 21.3 Å². The third-order valence-electron chi connectivity index (χ3n) is 4.77. The zero-order chi connectivity index (χ0) is 23.3. The van der Waals surface area contributed by atoms with Gasteiger partial charge in [-0.3, -0.25) is 14.5 Å². The average Bonchev–Trinajstić information content (AvgIpc) is 2.75. The second kappa shape index (κ2) is 10.5. The average molecular weight is 510 g/mol. The molecule has 0 radical (unpaired) electrons. The number of nitrogens with two attached hydrogens (primary N) is 1. The molecule has 11 heteroatoms. The first-order chi connectivity index (χ1) is 15.3. The first-order valence-corrected chi connectivity index (χ1v) is 10.7. The van der Waals surface area contributed by atoms with Crippen molar-refractivity contribution < 1.29 is 23.2 Å². The Morgan fingerprint density at radius 1 is 1.06 bits per heavy atom. The van der Waals surface area contributed by atoms with Crippen molar-refractivity contribution in [3.05, 3.63) is 64.1 Å². The van der Waals surface area contributed by atoms with E-state index in [1.807, 2.05) is 0 Å². The maximum absolute atomic E-state index is 13.7. The molecule has 0 spiro atoms. The standard InChI is InChI=1S/C21H22BrF2N5O3/c22-14-3-1-4-17(11-14)27-21(32)29-8-2-7-28(19(29)18(30)26-6-5-25)20(31)13-9-15(23)12-16(24)10-13/h1,3-4,9-12,19H,2,5-8,25H2,(H,26,30)(H,27,32). The van der Waals surface area contributed by atoms with Crippen LogP contribution in [0.2, 0.25) is 0 Å². The number of halogens is 3. The van der Waals surface area contributed by atoms with Gasteiger partial charge in [-0.15, -0.1) is 0 Å². The molecule has 1 aliphatic heterocycles. The van der Waals surface area contributed by atoms with E-state index in [1.165, 1.54) is 4.90 Å². The van der Waals surface area contributed by atoms with Crippen LogP contribution in [0.5, 0.6) is 0 Å². The molecule has 0 aromatic heterocycles. The van der Waals surface area contributed by atoms with Gasteiger partial charge in [0.15, 0.2) is 6.17 Å². The molecule has 0 saturated carbocycles. The second-order valence-electron chi connectivity index (χ2n) is 7.10. The third kappa shape index (κ3) is 5.60. The number of hydrogen-bond donors (Lipinski definition) is 3. The lowest BCUT2D eigenvalue weighted by molar-refractivity contribution is -0.132. The normalized spacial score (nSPS) is 15.9. The summed E-state index contributed by atoms with van der Waals surface area (Å²) in [6, 6.07) is 8.71. The van der Waals surface area contributed by atoms with Crippen molar-refractivity contribution in [2.24, 2.45) is 5.73 Å². The number of nitrogens with zero attached hydrogens (tertiary/aromatic N) is 2. The number of carbonyl (C=O) groups is 3. The highest BCUT2D eigenvalue weighted by Crippen LogP contribution is 2.22. The highest BCUT2D eigenvalue weighted by molar-refractivity contribution is 9.10. The third-order valence-corrected chi connectivity index (χ3v) is 5.27. The molecule has 0 aliphatic carbocycles. The van der Waals surface area contributed by atoms with Crippen molar-refractivity contribution in [2.75, 3.05) is 31.5 Å². The van der Waals surface area contributed by atoms with Crippen LogP contribution in [0.15, 0.2) is 46.9 Å². The summed E-state index contributed by atoms with van der Waals surface area (Å²) in [5, 5.41) is 5.29. The van der Waals surface area contributed by atoms with E-state index >= 15 is 0 Å². The first-order valence-electron chi connectivity index (χ1n) is 9.88. The fourth-order valence-electron chi connectivity index (χ4n) is 3.42. The summed E-state index contributed by atoms with van der Waals surface area (Å²) in [6.45, 7) is 0.610. The summed E-state index contributed by atoms with van der Waals surface area (Å²) in [7, 11) is 0. The fourth-order valence-corrected chi connectivity index (χ4v) is 3.82. The summed E-state index contributed by atoms with van der Waals surface area (Å²) in [4.78, 5) is 41.4. The van der Waals surface area contributed by atoms with Crippen LogP contribution >= 0.6 is 15.9 Å². The van der Waals surface area contributed by atoms with Gasteiger partial charge in [-0.2, -0.15) is 0 Å². The fraction of sp³-hybridized carbons (Fsp3) is 0.286. The minimum Gasteiger partial charge on any atom is -0.351 e. The van der Waals surface area contributed by atoms with Gasteiger partial charge in [0, 0.05) is 48.0 Å². The van der Waals surface area contributed by atoms with Crippen molar-refractivity contribution in [3.63, 3.8) is 0 Å². The van der Waals surface area contributed by atoms with E-state index < -0.39 is 35.6 Å². The Morgan fingerprint density at radius 3 is 2.41 bits per heavy atom. The van der Waals surface area contributed by atoms with Crippen molar-refractivity contribution >= 4 is 39.5 Å². The lowest BCUT2D eigenvalue weighted by Gasteiger charge is -2.42. The summed E-state index contributed by atoms with van der Waals surface area (Å²) in [6.07, 6.45) is -0.947. The van der Waals surface area contributed by atoms with Crippen molar-refractivity contribution in [3.8, 4) is 0 Å². The molecule has 2 aromatic carbocycles. The molecule has 1 saturated heterocycles. The lowest BCUT2D eigenvalue weighted by atomic mass is 10.1. The molecule has 8 nitrogen and oxygen atoms in total. The summed E-state index contributed by atoms with van der Waals surface area (Å²) >= 11 is 3.32. The number of anilines is 1. The van der Waals surface area contributed by atoms with E-state index in [-0.39, 0.29) is 31.7 Å². The Morgan fingerprint density at radius 2 is 1.75 bits per heavy atom. The van der Waals surface area contributed by atoms with E-state index in [0.717, 1.165) is 21.5 Å². The van der Waals surface area contributed by atoms with Gasteiger partial charge in [-0.1, -0.05) is 22.0 Å². The Labute approximate surface area is 191 Å². The lowest BCUT2D eigenvalue weighted by Crippen LogP contribution is -2.64. The van der Waals surface area contributed by atoms with Gasteiger partial charge in [0.2, 0.25) is 0 Å². The molecule has 1 aliphatic rings. The van der Waals surface area contributed by atoms with Crippen LogP contribution in [0.25, 0.3) is 0 Å². The van der Waals surface area contributed by atoms with Gasteiger partial charge in [0.1, 0.15) is 11.6 Å². The number of nitrogens with one attached hydrogen (secondary N) is 2. The predicted molar refractivity (Wildman–Crippen MR) is 118 cm³/mol. The van der Waals surface area contributed by atoms with Crippen LogP contribution in [-0.2, 0) is 4.79 Å². The molecule has 2 aromatic rings. The first kappa shape index (κ1) is 23.6. The van der Waals surface area contributed by atoms with Gasteiger partial charge in [-0.05, 0) is 36.8 Å². The Bertz CT molecular complexity index is 1000. The largest absolute Gasteiger partial charge is 0.351 e. The molecule has 3 rings (SSSR count). The van der Waals surface area contributed by atoms with Gasteiger partial charge in [-0.25, -0.2) is 13.6 Å². The molecule has 170 valence electrons. The molecule has 0 bridgehead atoms.